The highest BCUT2D eigenvalue weighted by atomic mass is 16.5. The summed E-state index contributed by atoms with van der Waals surface area (Å²) < 4.78 is 5.19. The molecule has 1 aromatic carbocycles. The van der Waals surface area contributed by atoms with Gasteiger partial charge in [0.15, 0.2) is 0 Å². The quantitative estimate of drug-likeness (QED) is 0.908. The minimum atomic E-state index is -0.558. The monoisotopic (exact) mass is 319 g/mol. The second kappa shape index (κ2) is 6.91. The lowest BCUT2D eigenvalue weighted by Gasteiger charge is -2.42. The van der Waals surface area contributed by atoms with Crippen LogP contribution in [0.3, 0.4) is 0 Å². The molecule has 0 unspecified atom stereocenters. The van der Waals surface area contributed by atoms with E-state index in [2.05, 4.69) is 6.92 Å². The molecule has 1 heterocycles. The molecule has 1 N–H and O–H groups in total. The highest BCUT2D eigenvalue weighted by Gasteiger charge is 2.39. The third-order valence-corrected chi connectivity index (χ3v) is 5.54. The number of benzene rings is 1. The van der Waals surface area contributed by atoms with Gasteiger partial charge in [-0.25, -0.2) is 0 Å². The van der Waals surface area contributed by atoms with Gasteiger partial charge in [-0.15, -0.1) is 0 Å². The molecule has 4 heteroatoms. The standard InChI is InChI=1S/C19H29NO3/c1-5-19(14-21)10-12-20(13-11-19)17(22)18(2,3)15-6-8-16(23-4)9-7-15/h6-9,21H,5,10-14H2,1-4H3. The maximum absolute atomic E-state index is 13.0. The number of likely N-dealkylation sites (tertiary alicyclic amines) is 1. The number of hydrogen-bond donors (Lipinski definition) is 1. The van der Waals surface area contributed by atoms with Gasteiger partial charge in [0.05, 0.1) is 12.5 Å². The van der Waals surface area contributed by atoms with Crippen LogP contribution in [0.5, 0.6) is 5.75 Å². The Kier molecular flexibility index (Phi) is 5.35. The van der Waals surface area contributed by atoms with E-state index >= 15 is 0 Å². The number of aliphatic hydroxyl groups excluding tert-OH is 1. The number of nitrogens with zero attached hydrogens (tertiary/aromatic N) is 1. The van der Waals surface area contributed by atoms with Crippen LogP contribution in [-0.2, 0) is 10.2 Å². The van der Waals surface area contributed by atoms with Crippen molar-refractivity contribution in [1.29, 1.82) is 0 Å². The predicted molar refractivity (Wildman–Crippen MR) is 91.6 cm³/mol. The van der Waals surface area contributed by atoms with Gasteiger partial charge in [-0.1, -0.05) is 19.1 Å². The zero-order chi connectivity index (χ0) is 17.1. The van der Waals surface area contributed by atoms with Crippen molar-refractivity contribution in [2.45, 2.75) is 45.4 Å². The van der Waals surface area contributed by atoms with Gasteiger partial charge in [0, 0.05) is 19.7 Å². The molecule has 2 rings (SSSR count). The lowest BCUT2D eigenvalue weighted by molar-refractivity contribution is -0.139. The molecule has 0 aliphatic carbocycles. The van der Waals surface area contributed by atoms with E-state index in [1.807, 2.05) is 43.0 Å². The molecule has 128 valence electrons. The number of ether oxygens (including phenoxy) is 1. The van der Waals surface area contributed by atoms with E-state index in [1.165, 1.54) is 0 Å². The van der Waals surface area contributed by atoms with E-state index in [-0.39, 0.29) is 17.9 Å². The van der Waals surface area contributed by atoms with Crippen molar-refractivity contribution in [2.75, 3.05) is 26.8 Å². The molecule has 23 heavy (non-hydrogen) atoms. The molecule has 1 saturated heterocycles. The summed E-state index contributed by atoms with van der Waals surface area (Å²) in [6.45, 7) is 7.75. The Balaban J connectivity index is 2.09. The summed E-state index contributed by atoms with van der Waals surface area (Å²) in [4.78, 5) is 14.9. The summed E-state index contributed by atoms with van der Waals surface area (Å²) in [6.07, 6.45) is 2.72. The molecule has 0 bridgehead atoms. The maximum atomic E-state index is 13.0. The molecule has 0 radical (unpaired) electrons. The number of aliphatic hydroxyl groups is 1. The van der Waals surface area contributed by atoms with Gasteiger partial charge < -0.3 is 14.7 Å². The summed E-state index contributed by atoms with van der Waals surface area (Å²) >= 11 is 0. The fourth-order valence-electron chi connectivity index (χ4n) is 3.33. The van der Waals surface area contributed by atoms with Gasteiger partial charge >= 0.3 is 0 Å². The molecule has 0 atom stereocenters. The largest absolute Gasteiger partial charge is 0.497 e. The second-order valence-electron chi connectivity index (χ2n) is 7.16. The number of carbonyl (C=O) groups excluding carboxylic acids is 1. The minimum absolute atomic E-state index is 0.00103. The third-order valence-electron chi connectivity index (χ3n) is 5.54. The number of hydrogen-bond acceptors (Lipinski definition) is 3. The Morgan fingerprint density at radius 2 is 1.83 bits per heavy atom. The molecule has 0 aromatic heterocycles. The molecule has 0 saturated carbocycles. The summed E-state index contributed by atoms with van der Waals surface area (Å²) in [5.74, 6) is 0.955. The van der Waals surface area contributed by atoms with E-state index in [0.717, 1.165) is 43.7 Å². The van der Waals surface area contributed by atoms with Crippen molar-refractivity contribution < 1.29 is 14.6 Å². The van der Waals surface area contributed by atoms with Gasteiger partial charge in [-0.05, 0) is 56.2 Å². The number of rotatable bonds is 5. The topological polar surface area (TPSA) is 49.8 Å². The van der Waals surface area contributed by atoms with Crippen LogP contribution in [0, 0.1) is 5.41 Å². The first-order chi connectivity index (χ1) is 10.9. The zero-order valence-corrected chi connectivity index (χ0v) is 14.8. The van der Waals surface area contributed by atoms with Crippen LogP contribution >= 0.6 is 0 Å². The van der Waals surface area contributed by atoms with Crippen LogP contribution in [0.4, 0.5) is 0 Å². The van der Waals surface area contributed by atoms with E-state index in [4.69, 9.17) is 4.74 Å². The van der Waals surface area contributed by atoms with Crippen molar-refractivity contribution in [3.8, 4) is 5.75 Å². The summed E-state index contributed by atoms with van der Waals surface area (Å²) in [6, 6.07) is 7.72. The van der Waals surface area contributed by atoms with E-state index in [0.29, 0.717) is 0 Å². The van der Waals surface area contributed by atoms with Crippen LogP contribution in [0.1, 0.15) is 45.6 Å². The van der Waals surface area contributed by atoms with Crippen LogP contribution < -0.4 is 4.74 Å². The minimum Gasteiger partial charge on any atom is -0.497 e. The van der Waals surface area contributed by atoms with Crippen LogP contribution in [0.2, 0.25) is 0 Å². The molecule has 1 aromatic rings. The first-order valence-electron chi connectivity index (χ1n) is 8.43. The van der Waals surface area contributed by atoms with Crippen LogP contribution in [0.25, 0.3) is 0 Å². The zero-order valence-electron chi connectivity index (χ0n) is 14.8. The van der Waals surface area contributed by atoms with Crippen LogP contribution in [-0.4, -0.2) is 42.7 Å². The van der Waals surface area contributed by atoms with Crippen molar-refractivity contribution in [2.24, 2.45) is 5.41 Å². The molecule has 4 nitrogen and oxygen atoms in total. The highest BCUT2D eigenvalue weighted by molar-refractivity contribution is 5.87. The number of carbonyl (C=O) groups is 1. The molecule has 1 amide bonds. The average molecular weight is 319 g/mol. The summed E-state index contributed by atoms with van der Waals surface area (Å²) in [7, 11) is 1.64. The van der Waals surface area contributed by atoms with Gasteiger partial charge in [-0.3, -0.25) is 4.79 Å². The first-order valence-corrected chi connectivity index (χ1v) is 8.43. The predicted octanol–water partition coefficient (Wildman–Crippen LogP) is 2.98. The molecular formula is C19H29NO3. The molecule has 1 aliphatic rings. The van der Waals surface area contributed by atoms with Gasteiger partial charge in [0.1, 0.15) is 5.75 Å². The van der Waals surface area contributed by atoms with E-state index < -0.39 is 5.41 Å². The number of amides is 1. The first kappa shape index (κ1) is 17.8. The second-order valence-corrected chi connectivity index (χ2v) is 7.16. The molecular weight excluding hydrogens is 290 g/mol. The average Bonchev–Trinajstić information content (AvgIpc) is 2.61. The smallest absolute Gasteiger partial charge is 0.232 e. The molecule has 1 fully saturated rings. The Bertz CT molecular complexity index is 522. The molecule has 1 aliphatic heterocycles. The number of methoxy groups -OCH3 is 1. The number of piperidine rings is 1. The highest BCUT2D eigenvalue weighted by Crippen LogP contribution is 2.36. The summed E-state index contributed by atoms with van der Waals surface area (Å²) in [5.41, 5.74) is 0.441. The SMILES string of the molecule is CCC1(CO)CCN(C(=O)C(C)(C)c2ccc(OC)cc2)CC1. The lowest BCUT2D eigenvalue weighted by atomic mass is 9.76. The van der Waals surface area contributed by atoms with Gasteiger partial charge in [0.25, 0.3) is 0 Å². The summed E-state index contributed by atoms with van der Waals surface area (Å²) in [5, 5.41) is 9.64. The fraction of sp³-hybridized carbons (Fsp3) is 0.632. The Hall–Kier alpha value is -1.55. The van der Waals surface area contributed by atoms with Crippen molar-refractivity contribution in [1.82, 2.24) is 4.90 Å². The Morgan fingerprint density at radius 3 is 2.26 bits per heavy atom. The lowest BCUT2D eigenvalue weighted by Crippen LogP contribution is -2.50. The van der Waals surface area contributed by atoms with Gasteiger partial charge in [0.2, 0.25) is 5.91 Å². The van der Waals surface area contributed by atoms with Crippen molar-refractivity contribution >= 4 is 5.91 Å². The maximum Gasteiger partial charge on any atom is 0.232 e. The Morgan fingerprint density at radius 1 is 1.26 bits per heavy atom. The normalized spacial score (nSPS) is 17.9. The third kappa shape index (κ3) is 3.52. The fourth-order valence-corrected chi connectivity index (χ4v) is 3.33. The van der Waals surface area contributed by atoms with Crippen molar-refractivity contribution in [3.05, 3.63) is 29.8 Å². The van der Waals surface area contributed by atoms with Crippen molar-refractivity contribution in [3.63, 3.8) is 0 Å². The van der Waals surface area contributed by atoms with Gasteiger partial charge in [-0.2, -0.15) is 0 Å². The van der Waals surface area contributed by atoms with E-state index in [1.54, 1.807) is 7.11 Å². The Labute approximate surface area is 139 Å². The van der Waals surface area contributed by atoms with E-state index in [9.17, 15) is 9.90 Å². The van der Waals surface area contributed by atoms with Crippen LogP contribution in [0.15, 0.2) is 24.3 Å². The molecule has 0 spiro atoms.